The van der Waals surface area contributed by atoms with Gasteiger partial charge >= 0.3 is 0 Å². The van der Waals surface area contributed by atoms with Crippen LogP contribution in [0.1, 0.15) is 23.7 Å². The summed E-state index contributed by atoms with van der Waals surface area (Å²) in [6.45, 7) is 1.67. The molecule has 7 nitrogen and oxygen atoms in total. The zero-order valence-corrected chi connectivity index (χ0v) is 11.8. The molecule has 0 fully saturated rings. The Balaban J connectivity index is 2.76. The van der Waals surface area contributed by atoms with E-state index in [1.165, 1.54) is 14.0 Å². The van der Waals surface area contributed by atoms with Gasteiger partial charge in [0.15, 0.2) is 0 Å². The van der Waals surface area contributed by atoms with Gasteiger partial charge in [0.05, 0.1) is 16.1 Å². The number of carbonyl (C=O) groups is 1. The smallest absolute Gasteiger partial charge is 0.270 e. The molecule has 1 unspecified atom stereocenters. The van der Waals surface area contributed by atoms with Crippen molar-refractivity contribution >= 4 is 11.6 Å². The van der Waals surface area contributed by atoms with Gasteiger partial charge in [0.1, 0.15) is 5.82 Å². The molecule has 2 N–H and O–H groups in total. The van der Waals surface area contributed by atoms with Crippen LogP contribution in [0.5, 0.6) is 0 Å². The molecule has 0 aliphatic rings. The van der Waals surface area contributed by atoms with E-state index in [1.807, 2.05) is 0 Å². The molecule has 0 saturated heterocycles. The van der Waals surface area contributed by atoms with Crippen molar-refractivity contribution in [2.45, 2.75) is 18.9 Å². The predicted molar refractivity (Wildman–Crippen MR) is 72.5 cm³/mol. The van der Waals surface area contributed by atoms with E-state index < -0.39 is 27.8 Å². The monoisotopic (exact) mass is 300 g/mol. The van der Waals surface area contributed by atoms with Crippen molar-refractivity contribution in [2.75, 3.05) is 20.3 Å². The van der Waals surface area contributed by atoms with Gasteiger partial charge in [-0.3, -0.25) is 14.9 Å². The first-order valence-corrected chi connectivity index (χ1v) is 6.20. The highest BCUT2D eigenvalue weighted by Crippen LogP contribution is 2.17. The Hall–Kier alpha value is -2.06. The van der Waals surface area contributed by atoms with Crippen molar-refractivity contribution in [3.8, 4) is 0 Å². The summed E-state index contributed by atoms with van der Waals surface area (Å²) < 4.78 is 18.4. The second-order valence-corrected chi connectivity index (χ2v) is 4.84. The van der Waals surface area contributed by atoms with Crippen LogP contribution in [0.3, 0.4) is 0 Å². The van der Waals surface area contributed by atoms with Gasteiger partial charge in [0, 0.05) is 38.8 Å². The standard InChI is InChI=1S/C13H17FN2O5/c1-13(18,5-6-21-2)8-15-12(17)10-7-9(16(19)20)3-4-11(10)14/h3-4,7,18H,5-6,8H2,1-2H3,(H,15,17). The summed E-state index contributed by atoms with van der Waals surface area (Å²) in [5.41, 5.74) is -2.04. The first kappa shape index (κ1) is 17.0. The zero-order valence-electron chi connectivity index (χ0n) is 11.8. The maximum absolute atomic E-state index is 13.5. The minimum atomic E-state index is -1.22. The highest BCUT2D eigenvalue weighted by molar-refractivity contribution is 5.95. The van der Waals surface area contributed by atoms with Gasteiger partial charge < -0.3 is 15.2 Å². The van der Waals surface area contributed by atoms with Crippen LogP contribution in [0.4, 0.5) is 10.1 Å². The molecule has 1 aromatic carbocycles. The number of halogens is 1. The van der Waals surface area contributed by atoms with Crippen LogP contribution in [0, 0.1) is 15.9 Å². The SMILES string of the molecule is COCCC(C)(O)CNC(=O)c1cc([N+](=O)[O-])ccc1F. The lowest BCUT2D eigenvalue weighted by molar-refractivity contribution is -0.384. The van der Waals surface area contributed by atoms with Crippen LogP contribution >= 0.6 is 0 Å². The van der Waals surface area contributed by atoms with Crippen LogP contribution in [-0.4, -0.2) is 41.8 Å². The minimum absolute atomic E-state index is 0.128. The van der Waals surface area contributed by atoms with Crippen LogP contribution < -0.4 is 5.32 Å². The lowest BCUT2D eigenvalue weighted by Crippen LogP contribution is -2.41. The largest absolute Gasteiger partial charge is 0.388 e. The first-order valence-electron chi connectivity index (χ1n) is 6.20. The Labute approximate surface area is 120 Å². The van der Waals surface area contributed by atoms with E-state index in [2.05, 4.69) is 5.32 Å². The number of nitro groups is 1. The van der Waals surface area contributed by atoms with Gasteiger partial charge in [-0.25, -0.2) is 4.39 Å². The molecular formula is C13H17FN2O5. The summed E-state index contributed by atoms with van der Waals surface area (Å²) in [6, 6.07) is 2.69. The molecule has 0 radical (unpaired) electrons. The summed E-state index contributed by atoms with van der Waals surface area (Å²) in [5, 5.41) is 22.9. The van der Waals surface area contributed by atoms with E-state index in [-0.39, 0.29) is 18.7 Å². The van der Waals surface area contributed by atoms with Crippen molar-refractivity contribution < 1.29 is 24.0 Å². The van der Waals surface area contributed by atoms with Gasteiger partial charge in [-0.1, -0.05) is 0 Å². The molecule has 0 aliphatic carbocycles. The molecule has 0 saturated carbocycles. The number of nitro benzene ring substituents is 1. The maximum Gasteiger partial charge on any atom is 0.270 e. The second kappa shape index (κ2) is 7.09. The Morgan fingerprint density at radius 2 is 2.24 bits per heavy atom. The van der Waals surface area contributed by atoms with E-state index in [4.69, 9.17) is 4.74 Å². The summed E-state index contributed by atoms with van der Waals surface area (Å²) in [4.78, 5) is 21.7. The third-order valence-corrected chi connectivity index (χ3v) is 2.88. The number of carbonyl (C=O) groups excluding carboxylic acids is 1. The fourth-order valence-corrected chi connectivity index (χ4v) is 1.58. The molecule has 0 bridgehead atoms. The number of hydrogen-bond acceptors (Lipinski definition) is 5. The Kier molecular flexibility index (Phi) is 5.74. The second-order valence-electron chi connectivity index (χ2n) is 4.84. The van der Waals surface area contributed by atoms with Crippen molar-refractivity contribution in [1.82, 2.24) is 5.32 Å². The Bertz CT molecular complexity index is 533. The van der Waals surface area contributed by atoms with Crippen molar-refractivity contribution in [1.29, 1.82) is 0 Å². The van der Waals surface area contributed by atoms with Gasteiger partial charge in [0.2, 0.25) is 0 Å². The average molecular weight is 300 g/mol. The number of non-ortho nitro benzene ring substituents is 1. The Morgan fingerprint density at radius 1 is 1.57 bits per heavy atom. The number of nitrogens with zero attached hydrogens (tertiary/aromatic N) is 1. The maximum atomic E-state index is 13.5. The highest BCUT2D eigenvalue weighted by Gasteiger charge is 2.23. The quantitative estimate of drug-likeness (QED) is 0.583. The molecule has 0 aromatic heterocycles. The van der Waals surface area contributed by atoms with E-state index in [0.717, 1.165) is 18.2 Å². The van der Waals surface area contributed by atoms with Gasteiger partial charge in [-0.15, -0.1) is 0 Å². The number of nitrogens with one attached hydrogen (secondary N) is 1. The lowest BCUT2D eigenvalue weighted by atomic mass is 10.0. The van der Waals surface area contributed by atoms with Crippen LogP contribution in [0.25, 0.3) is 0 Å². The third-order valence-electron chi connectivity index (χ3n) is 2.88. The van der Waals surface area contributed by atoms with Crippen LogP contribution in [0.2, 0.25) is 0 Å². The summed E-state index contributed by atoms with van der Waals surface area (Å²) in [7, 11) is 1.48. The number of methoxy groups -OCH3 is 1. The van der Waals surface area contributed by atoms with E-state index >= 15 is 0 Å². The van der Waals surface area contributed by atoms with Crippen LogP contribution in [0.15, 0.2) is 18.2 Å². The minimum Gasteiger partial charge on any atom is -0.388 e. The van der Waals surface area contributed by atoms with Gasteiger partial charge in [-0.2, -0.15) is 0 Å². The molecule has 1 aromatic rings. The van der Waals surface area contributed by atoms with E-state index in [1.54, 1.807) is 0 Å². The molecule has 1 atom stereocenters. The third kappa shape index (κ3) is 5.09. The Morgan fingerprint density at radius 3 is 2.81 bits per heavy atom. The molecule has 0 spiro atoms. The molecule has 1 amide bonds. The average Bonchev–Trinajstić information content (AvgIpc) is 2.43. The van der Waals surface area contributed by atoms with E-state index in [0.29, 0.717) is 6.61 Å². The summed E-state index contributed by atoms with van der Waals surface area (Å²) in [6.07, 6.45) is 0.279. The number of aliphatic hydroxyl groups is 1. The first-order chi connectivity index (χ1) is 9.76. The summed E-state index contributed by atoms with van der Waals surface area (Å²) in [5.74, 6) is -1.69. The van der Waals surface area contributed by atoms with Gasteiger partial charge in [-0.05, 0) is 13.0 Å². The number of ether oxygens (including phenoxy) is 1. The highest BCUT2D eigenvalue weighted by atomic mass is 19.1. The molecule has 0 aliphatic heterocycles. The van der Waals surface area contributed by atoms with Crippen molar-refractivity contribution in [2.24, 2.45) is 0 Å². The topological polar surface area (TPSA) is 102 Å². The number of rotatable bonds is 7. The molecule has 116 valence electrons. The predicted octanol–water partition coefficient (Wildman–Crippen LogP) is 1.25. The molecular weight excluding hydrogens is 283 g/mol. The van der Waals surface area contributed by atoms with E-state index in [9.17, 15) is 24.4 Å². The van der Waals surface area contributed by atoms with Crippen molar-refractivity contribution in [3.63, 3.8) is 0 Å². The van der Waals surface area contributed by atoms with Crippen molar-refractivity contribution in [3.05, 3.63) is 39.7 Å². The fraction of sp³-hybridized carbons (Fsp3) is 0.462. The fourth-order valence-electron chi connectivity index (χ4n) is 1.58. The zero-order chi connectivity index (χ0) is 16.0. The summed E-state index contributed by atoms with van der Waals surface area (Å²) >= 11 is 0. The molecule has 0 heterocycles. The number of hydrogen-bond donors (Lipinski definition) is 2. The molecule has 1 rings (SSSR count). The van der Waals surface area contributed by atoms with Crippen LogP contribution in [-0.2, 0) is 4.74 Å². The number of benzene rings is 1. The molecule has 8 heteroatoms. The normalized spacial score (nSPS) is 13.5. The lowest BCUT2D eigenvalue weighted by Gasteiger charge is -2.23. The van der Waals surface area contributed by atoms with Gasteiger partial charge in [0.25, 0.3) is 11.6 Å². The number of amides is 1. The molecule has 21 heavy (non-hydrogen) atoms.